The SMILES string of the molecule is Nc1cccc(CNc2ccc3c(c2)CCO3)c1. The van der Waals surface area contributed by atoms with Crippen LogP contribution in [0.25, 0.3) is 0 Å². The van der Waals surface area contributed by atoms with Crippen LogP contribution in [0.3, 0.4) is 0 Å². The molecule has 0 amide bonds. The molecular weight excluding hydrogens is 224 g/mol. The smallest absolute Gasteiger partial charge is 0.122 e. The summed E-state index contributed by atoms with van der Waals surface area (Å²) in [5, 5.41) is 3.41. The number of nitrogen functional groups attached to an aromatic ring is 1. The minimum atomic E-state index is 0.782. The number of benzene rings is 2. The van der Waals surface area contributed by atoms with Gasteiger partial charge < -0.3 is 15.8 Å². The molecule has 0 spiro atoms. The first-order chi connectivity index (χ1) is 8.81. The van der Waals surface area contributed by atoms with Crippen molar-refractivity contribution in [2.45, 2.75) is 13.0 Å². The van der Waals surface area contributed by atoms with Gasteiger partial charge in [-0.2, -0.15) is 0 Å². The molecule has 0 aromatic heterocycles. The summed E-state index contributed by atoms with van der Waals surface area (Å²) in [5.74, 6) is 1.02. The van der Waals surface area contributed by atoms with Crippen molar-refractivity contribution in [3.05, 3.63) is 53.6 Å². The highest BCUT2D eigenvalue weighted by Gasteiger charge is 2.11. The molecule has 0 bridgehead atoms. The lowest BCUT2D eigenvalue weighted by molar-refractivity contribution is 0.357. The second kappa shape index (κ2) is 4.61. The summed E-state index contributed by atoms with van der Waals surface area (Å²) in [7, 11) is 0. The normalized spacial score (nSPS) is 12.9. The van der Waals surface area contributed by atoms with Crippen molar-refractivity contribution in [2.75, 3.05) is 17.7 Å². The zero-order valence-electron chi connectivity index (χ0n) is 10.1. The molecule has 0 saturated carbocycles. The third kappa shape index (κ3) is 2.25. The fraction of sp³-hybridized carbons (Fsp3) is 0.200. The van der Waals surface area contributed by atoms with Gasteiger partial charge in [-0.15, -0.1) is 0 Å². The van der Waals surface area contributed by atoms with Crippen LogP contribution in [0.2, 0.25) is 0 Å². The monoisotopic (exact) mass is 240 g/mol. The molecule has 3 N–H and O–H groups in total. The van der Waals surface area contributed by atoms with Crippen molar-refractivity contribution in [2.24, 2.45) is 0 Å². The summed E-state index contributed by atoms with van der Waals surface area (Å²) in [5.41, 5.74) is 10.2. The van der Waals surface area contributed by atoms with Gasteiger partial charge in [-0.25, -0.2) is 0 Å². The Morgan fingerprint density at radius 3 is 3.00 bits per heavy atom. The summed E-state index contributed by atoms with van der Waals surface area (Å²) >= 11 is 0. The summed E-state index contributed by atoms with van der Waals surface area (Å²) in [4.78, 5) is 0. The van der Waals surface area contributed by atoms with E-state index in [0.29, 0.717) is 0 Å². The largest absolute Gasteiger partial charge is 0.493 e. The lowest BCUT2D eigenvalue weighted by atomic mass is 10.1. The molecule has 0 radical (unpaired) electrons. The molecule has 1 aliphatic heterocycles. The predicted octanol–water partition coefficient (Wildman–Crippen LogP) is 2.82. The molecule has 0 atom stereocenters. The number of fused-ring (bicyclic) bond motifs is 1. The summed E-state index contributed by atoms with van der Waals surface area (Å²) in [6, 6.07) is 14.2. The standard InChI is InChI=1S/C15H16N2O/c16-13-3-1-2-11(8-13)10-17-14-4-5-15-12(9-14)6-7-18-15/h1-5,8-9,17H,6-7,10,16H2. The highest BCUT2D eigenvalue weighted by molar-refractivity contribution is 5.53. The van der Waals surface area contributed by atoms with E-state index in [1.807, 2.05) is 24.3 Å². The first kappa shape index (κ1) is 11.0. The van der Waals surface area contributed by atoms with Gasteiger partial charge in [-0.3, -0.25) is 0 Å². The van der Waals surface area contributed by atoms with E-state index < -0.39 is 0 Å². The van der Waals surface area contributed by atoms with Crippen LogP contribution < -0.4 is 15.8 Å². The lowest BCUT2D eigenvalue weighted by Gasteiger charge is -2.08. The highest BCUT2D eigenvalue weighted by Crippen LogP contribution is 2.28. The molecule has 1 aliphatic rings. The van der Waals surface area contributed by atoms with Crippen molar-refractivity contribution in [3.63, 3.8) is 0 Å². The zero-order valence-corrected chi connectivity index (χ0v) is 10.1. The van der Waals surface area contributed by atoms with Gasteiger partial charge in [-0.1, -0.05) is 12.1 Å². The Balaban J connectivity index is 1.70. The maximum Gasteiger partial charge on any atom is 0.122 e. The lowest BCUT2D eigenvalue weighted by Crippen LogP contribution is -2.00. The van der Waals surface area contributed by atoms with Gasteiger partial charge in [0.05, 0.1) is 6.61 Å². The maximum atomic E-state index is 5.76. The van der Waals surface area contributed by atoms with Crippen LogP contribution in [-0.2, 0) is 13.0 Å². The Morgan fingerprint density at radius 2 is 2.11 bits per heavy atom. The summed E-state index contributed by atoms with van der Waals surface area (Å²) in [6.07, 6.45) is 1.00. The minimum absolute atomic E-state index is 0.782. The van der Waals surface area contributed by atoms with Gasteiger partial charge in [0.1, 0.15) is 5.75 Å². The van der Waals surface area contributed by atoms with Crippen LogP contribution >= 0.6 is 0 Å². The summed E-state index contributed by atoms with van der Waals surface area (Å²) in [6.45, 7) is 1.58. The molecule has 2 aromatic carbocycles. The molecule has 3 nitrogen and oxygen atoms in total. The number of nitrogens with two attached hydrogens (primary N) is 1. The van der Waals surface area contributed by atoms with E-state index in [9.17, 15) is 0 Å². The Bertz CT molecular complexity index is 566. The first-order valence-corrected chi connectivity index (χ1v) is 6.15. The molecule has 18 heavy (non-hydrogen) atoms. The number of hydrogen-bond acceptors (Lipinski definition) is 3. The van der Waals surface area contributed by atoms with Crippen LogP contribution in [-0.4, -0.2) is 6.61 Å². The average molecular weight is 240 g/mol. The highest BCUT2D eigenvalue weighted by atomic mass is 16.5. The third-order valence-electron chi connectivity index (χ3n) is 3.14. The van der Waals surface area contributed by atoms with Gasteiger partial charge in [0.25, 0.3) is 0 Å². The van der Waals surface area contributed by atoms with E-state index in [1.54, 1.807) is 0 Å². The number of anilines is 2. The van der Waals surface area contributed by atoms with Gasteiger partial charge in [0, 0.05) is 24.3 Å². The Morgan fingerprint density at radius 1 is 1.17 bits per heavy atom. The molecule has 3 heteroatoms. The Hall–Kier alpha value is -2.16. The number of nitrogens with one attached hydrogen (secondary N) is 1. The topological polar surface area (TPSA) is 47.3 Å². The molecule has 0 saturated heterocycles. The average Bonchev–Trinajstić information content (AvgIpc) is 2.84. The van der Waals surface area contributed by atoms with E-state index in [2.05, 4.69) is 23.5 Å². The molecule has 0 aliphatic carbocycles. The van der Waals surface area contributed by atoms with Crippen molar-refractivity contribution >= 4 is 11.4 Å². The van der Waals surface area contributed by atoms with E-state index >= 15 is 0 Å². The molecular formula is C15H16N2O. The van der Waals surface area contributed by atoms with Crippen LogP contribution in [0.15, 0.2) is 42.5 Å². The fourth-order valence-electron chi connectivity index (χ4n) is 2.20. The van der Waals surface area contributed by atoms with Crippen LogP contribution in [0.1, 0.15) is 11.1 Å². The Kier molecular flexibility index (Phi) is 2.81. The number of ether oxygens (including phenoxy) is 1. The van der Waals surface area contributed by atoms with Gasteiger partial charge >= 0.3 is 0 Å². The molecule has 92 valence electrons. The molecule has 3 rings (SSSR count). The van der Waals surface area contributed by atoms with Gasteiger partial charge in [-0.05, 0) is 41.5 Å². The van der Waals surface area contributed by atoms with Crippen molar-refractivity contribution < 1.29 is 4.74 Å². The minimum Gasteiger partial charge on any atom is -0.493 e. The predicted molar refractivity (Wildman–Crippen MR) is 73.8 cm³/mol. The summed E-state index contributed by atoms with van der Waals surface area (Å²) < 4.78 is 5.49. The molecule has 1 heterocycles. The molecule has 2 aromatic rings. The van der Waals surface area contributed by atoms with Crippen molar-refractivity contribution in [1.29, 1.82) is 0 Å². The second-order valence-electron chi connectivity index (χ2n) is 4.52. The fourth-order valence-corrected chi connectivity index (χ4v) is 2.20. The van der Waals surface area contributed by atoms with E-state index in [1.165, 1.54) is 11.1 Å². The zero-order chi connectivity index (χ0) is 12.4. The van der Waals surface area contributed by atoms with E-state index in [4.69, 9.17) is 10.5 Å². The van der Waals surface area contributed by atoms with Crippen molar-refractivity contribution in [1.82, 2.24) is 0 Å². The van der Waals surface area contributed by atoms with Gasteiger partial charge in [0.2, 0.25) is 0 Å². The second-order valence-corrected chi connectivity index (χ2v) is 4.52. The third-order valence-corrected chi connectivity index (χ3v) is 3.14. The van der Waals surface area contributed by atoms with Crippen molar-refractivity contribution in [3.8, 4) is 5.75 Å². The van der Waals surface area contributed by atoms with Crippen LogP contribution in [0.5, 0.6) is 5.75 Å². The number of hydrogen-bond donors (Lipinski definition) is 2. The first-order valence-electron chi connectivity index (χ1n) is 6.15. The number of rotatable bonds is 3. The molecule has 0 fully saturated rings. The maximum absolute atomic E-state index is 5.76. The van der Waals surface area contributed by atoms with Gasteiger partial charge in [0.15, 0.2) is 0 Å². The van der Waals surface area contributed by atoms with Crippen LogP contribution in [0.4, 0.5) is 11.4 Å². The Labute approximate surface area is 107 Å². The van der Waals surface area contributed by atoms with Crippen LogP contribution in [0, 0.1) is 0 Å². The molecule has 0 unspecified atom stereocenters. The quantitative estimate of drug-likeness (QED) is 0.811. The van der Waals surface area contributed by atoms with E-state index in [-0.39, 0.29) is 0 Å². The van der Waals surface area contributed by atoms with E-state index in [0.717, 1.165) is 36.7 Å².